The van der Waals surface area contributed by atoms with Crippen molar-refractivity contribution in [3.05, 3.63) is 77.8 Å². The van der Waals surface area contributed by atoms with Crippen LogP contribution in [0.3, 0.4) is 0 Å². The van der Waals surface area contributed by atoms with Crippen LogP contribution in [-0.2, 0) is 0 Å². The molecule has 0 fully saturated rings. The second kappa shape index (κ2) is 7.51. The van der Waals surface area contributed by atoms with Gasteiger partial charge >= 0.3 is 6.01 Å². The van der Waals surface area contributed by atoms with E-state index in [2.05, 4.69) is 15.5 Å². The number of hydrogen-bond donors (Lipinski definition) is 1. The number of benzene rings is 2. The lowest BCUT2D eigenvalue weighted by Crippen LogP contribution is -2.12. The summed E-state index contributed by atoms with van der Waals surface area (Å²) in [6.45, 7) is 1.30. The number of halogens is 1. The van der Waals surface area contributed by atoms with Crippen molar-refractivity contribution in [1.82, 2.24) is 10.2 Å². The fourth-order valence-electron chi connectivity index (χ4n) is 2.76. The van der Waals surface area contributed by atoms with E-state index in [1.807, 2.05) is 0 Å². The van der Waals surface area contributed by atoms with Crippen LogP contribution in [0.2, 0.25) is 0 Å². The van der Waals surface area contributed by atoms with Crippen molar-refractivity contribution in [2.24, 2.45) is 0 Å². The first-order valence-corrected chi connectivity index (χ1v) is 8.61. The van der Waals surface area contributed by atoms with E-state index in [-0.39, 0.29) is 23.3 Å². The highest BCUT2D eigenvalue weighted by atomic mass is 19.1. The maximum absolute atomic E-state index is 14.1. The highest BCUT2D eigenvalue weighted by Gasteiger charge is 2.15. The maximum atomic E-state index is 14.1. The summed E-state index contributed by atoms with van der Waals surface area (Å²) < 4.78 is 24.6. The summed E-state index contributed by atoms with van der Waals surface area (Å²) in [5.74, 6) is -0.907. The largest absolute Gasteiger partial charge is 0.459 e. The molecule has 0 aliphatic rings. The number of hydrogen-bond acceptors (Lipinski definition) is 6. The van der Waals surface area contributed by atoms with Gasteiger partial charge < -0.3 is 8.83 Å². The number of aromatic nitrogens is 2. The van der Waals surface area contributed by atoms with Crippen LogP contribution in [0.25, 0.3) is 22.8 Å². The highest BCUT2D eigenvalue weighted by Crippen LogP contribution is 2.24. The molecule has 2 heterocycles. The maximum Gasteiger partial charge on any atom is 0.322 e. The minimum atomic E-state index is -0.610. The Morgan fingerprint density at radius 3 is 2.55 bits per heavy atom. The van der Waals surface area contributed by atoms with Crippen molar-refractivity contribution >= 4 is 17.7 Å². The molecule has 4 aromatic rings. The number of carbonyl (C=O) groups excluding carboxylic acids is 2. The van der Waals surface area contributed by atoms with Crippen molar-refractivity contribution in [2.45, 2.75) is 6.92 Å². The lowest BCUT2D eigenvalue weighted by atomic mass is 10.00. The molecule has 0 bridgehead atoms. The van der Waals surface area contributed by atoms with E-state index in [0.29, 0.717) is 22.5 Å². The molecule has 29 heavy (non-hydrogen) atoms. The van der Waals surface area contributed by atoms with Crippen molar-refractivity contribution in [3.8, 4) is 22.8 Å². The first-order chi connectivity index (χ1) is 14.0. The minimum Gasteiger partial charge on any atom is -0.459 e. The summed E-state index contributed by atoms with van der Waals surface area (Å²) >= 11 is 0. The quantitative estimate of drug-likeness (QED) is 0.500. The predicted octanol–water partition coefficient (Wildman–Crippen LogP) is 4.59. The zero-order valence-electron chi connectivity index (χ0n) is 15.2. The number of rotatable bonds is 5. The molecule has 0 radical (unpaired) electrons. The number of furan rings is 1. The van der Waals surface area contributed by atoms with E-state index >= 15 is 0 Å². The summed E-state index contributed by atoms with van der Waals surface area (Å²) in [7, 11) is 0. The van der Waals surface area contributed by atoms with E-state index in [1.165, 1.54) is 25.3 Å². The van der Waals surface area contributed by atoms with E-state index in [0.717, 1.165) is 0 Å². The molecule has 0 aliphatic carbocycles. The molecule has 1 N–H and O–H groups in total. The van der Waals surface area contributed by atoms with Crippen molar-refractivity contribution in [3.63, 3.8) is 0 Å². The van der Waals surface area contributed by atoms with Crippen LogP contribution < -0.4 is 5.32 Å². The van der Waals surface area contributed by atoms with Gasteiger partial charge in [0.25, 0.3) is 11.8 Å². The van der Waals surface area contributed by atoms with E-state index in [9.17, 15) is 14.0 Å². The molecule has 0 saturated carbocycles. The molecule has 2 aromatic carbocycles. The van der Waals surface area contributed by atoms with Gasteiger partial charge in [0.05, 0.1) is 11.8 Å². The average Bonchev–Trinajstić information content (AvgIpc) is 3.39. The van der Waals surface area contributed by atoms with Gasteiger partial charge in [0.2, 0.25) is 0 Å². The summed E-state index contributed by atoms with van der Waals surface area (Å²) in [6.07, 6.45) is 1.47. The van der Waals surface area contributed by atoms with Crippen LogP contribution in [0.1, 0.15) is 27.6 Å². The van der Waals surface area contributed by atoms with Gasteiger partial charge in [-0.05, 0) is 54.4 Å². The Morgan fingerprint density at radius 2 is 1.83 bits per heavy atom. The van der Waals surface area contributed by atoms with Gasteiger partial charge in [-0.1, -0.05) is 23.3 Å². The van der Waals surface area contributed by atoms with Crippen molar-refractivity contribution < 1.29 is 22.8 Å². The van der Waals surface area contributed by atoms with Crippen LogP contribution in [0, 0.1) is 5.82 Å². The second-order valence-electron chi connectivity index (χ2n) is 6.18. The molecule has 2 aromatic heterocycles. The highest BCUT2D eigenvalue weighted by molar-refractivity contribution is 6.04. The van der Waals surface area contributed by atoms with Gasteiger partial charge in [-0.2, -0.15) is 0 Å². The summed E-state index contributed by atoms with van der Waals surface area (Å²) in [4.78, 5) is 23.9. The molecule has 0 atom stereocenters. The van der Waals surface area contributed by atoms with E-state index in [4.69, 9.17) is 8.83 Å². The fourth-order valence-corrected chi connectivity index (χ4v) is 2.76. The summed E-state index contributed by atoms with van der Waals surface area (Å²) in [5, 5.41) is 10.1. The Labute approximate surface area is 164 Å². The number of carbonyl (C=O) groups is 2. The number of nitrogens with one attached hydrogen (secondary N) is 1. The van der Waals surface area contributed by atoms with Crippen molar-refractivity contribution in [1.29, 1.82) is 0 Å². The molecule has 4 rings (SSSR count). The molecular formula is C21H14FN3O4. The zero-order chi connectivity index (χ0) is 20.4. The van der Waals surface area contributed by atoms with Gasteiger partial charge in [0, 0.05) is 5.56 Å². The minimum absolute atomic E-state index is 0.0198. The third-order valence-corrected chi connectivity index (χ3v) is 4.18. The number of amides is 1. The Morgan fingerprint density at radius 1 is 1.00 bits per heavy atom. The van der Waals surface area contributed by atoms with Gasteiger partial charge in [-0.25, -0.2) is 4.39 Å². The molecule has 0 unspecified atom stereocenters. The van der Waals surface area contributed by atoms with E-state index < -0.39 is 11.7 Å². The topological polar surface area (TPSA) is 98.2 Å². The SMILES string of the molecule is CC(=O)c1ccc(-c2cccc(C(=O)Nc3nnc(-c4ccco4)o3)c2)cc1F. The van der Waals surface area contributed by atoms with Gasteiger partial charge in [-0.15, -0.1) is 5.10 Å². The van der Waals surface area contributed by atoms with Crippen molar-refractivity contribution in [2.75, 3.05) is 5.32 Å². The van der Waals surface area contributed by atoms with Gasteiger partial charge in [0.1, 0.15) is 5.82 Å². The monoisotopic (exact) mass is 391 g/mol. The molecule has 1 amide bonds. The molecule has 8 heteroatoms. The smallest absolute Gasteiger partial charge is 0.322 e. The molecule has 0 saturated heterocycles. The van der Waals surface area contributed by atoms with Crippen LogP contribution in [-0.4, -0.2) is 21.9 Å². The molecule has 144 valence electrons. The molecular weight excluding hydrogens is 377 g/mol. The second-order valence-corrected chi connectivity index (χ2v) is 6.18. The first kappa shape index (κ1) is 18.3. The Hall–Kier alpha value is -4.07. The summed E-state index contributed by atoms with van der Waals surface area (Å²) in [5.41, 5.74) is 1.50. The van der Waals surface area contributed by atoms with E-state index in [1.54, 1.807) is 42.5 Å². The standard InChI is InChI=1S/C21H14FN3O4/c1-12(26)16-8-7-14(11-17(16)22)13-4-2-5-15(10-13)19(27)23-21-25-24-20(29-21)18-6-3-9-28-18/h2-11H,1H3,(H,23,25,27). The third-order valence-electron chi connectivity index (χ3n) is 4.18. The Balaban J connectivity index is 1.55. The Bertz CT molecular complexity index is 1200. The zero-order valence-corrected chi connectivity index (χ0v) is 15.2. The fraction of sp³-hybridized carbons (Fsp3) is 0.0476. The Kier molecular flexibility index (Phi) is 4.74. The van der Waals surface area contributed by atoms with Gasteiger partial charge in [-0.3, -0.25) is 14.9 Å². The summed E-state index contributed by atoms with van der Waals surface area (Å²) in [6, 6.07) is 14.2. The lowest BCUT2D eigenvalue weighted by molar-refractivity contribution is 0.100. The number of Topliss-reactive ketones (excluding diaryl/α,β-unsaturated/α-hetero) is 1. The molecule has 0 aliphatic heterocycles. The van der Waals surface area contributed by atoms with Gasteiger partial charge in [0.15, 0.2) is 11.5 Å². The van der Waals surface area contributed by atoms with Crippen LogP contribution in [0.15, 0.2) is 69.7 Å². The molecule has 0 spiro atoms. The number of nitrogens with zero attached hydrogens (tertiary/aromatic N) is 2. The van der Waals surface area contributed by atoms with Crippen LogP contribution >= 0.6 is 0 Å². The van der Waals surface area contributed by atoms with Crippen LogP contribution in [0.5, 0.6) is 0 Å². The number of anilines is 1. The average molecular weight is 391 g/mol. The predicted molar refractivity (Wildman–Crippen MR) is 102 cm³/mol. The first-order valence-electron chi connectivity index (χ1n) is 8.61. The number of ketones is 1. The molecule has 7 nitrogen and oxygen atoms in total. The lowest BCUT2D eigenvalue weighted by Gasteiger charge is -2.07. The van der Waals surface area contributed by atoms with Crippen LogP contribution in [0.4, 0.5) is 10.4 Å². The normalized spacial score (nSPS) is 10.7. The third kappa shape index (κ3) is 3.81.